The monoisotopic (exact) mass is 519 g/mol. The largest absolute Gasteiger partial charge is 0.466 e. The van der Waals surface area contributed by atoms with E-state index >= 15 is 0 Å². The molecule has 3 aromatic rings. The number of benzene rings is 2. The second-order valence-electron chi connectivity index (χ2n) is 9.46. The molecule has 38 heavy (non-hydrogen) atoms. The van der Waals surface area contributed by atoms with E-state index in [1.54, 1.807) is 24.3 Å². The van der Waals surface area contributed by atoms with E-state index in [0.29, 0.717) is 35.5 Å². The van der Waals surface area contributed by atoms with E-state index < -0.39 is 6.09 Å². The van der Waals surface area contributed by atoms with Crippen LogP contribution in [0.3, 0.4) is 0 Å². The summed E-state index contributed by atoms with van der Waals surface area (Å²) in [5.41, 5.74) is 1.82. The van der Waals surface area contributed by atoms with Crippen LogP contribution in [0.4, 0.5) is 4.79 Å². The van der Waals surface area contributed by atoms with Crippen molar-refractivity contribution in [2.75, 3.05) is 6.61 Å². The first-order chi connectivity index (χ1) is 18.4. The molecule has 1 aliphatic rings. The summed E-state index contributed by atoms with van der Waals surface area (Å²) in [5, 5.41) is 14.4. The van der Waals surface area contributed by atoms with Gasteiger partial charge in [0.25, 0.3) is 5.91 Å². The van der Waals surface area contributed by atoms with Crippen LogP contribution in [0.25, 0.3) is 11.0 Å². The van der Waals surface area contributed by atoms with E-state index in [1.165, 1.54) is 0 Å². The number of carbonyl (C=O) groups is 3. The molecule has 1 aromatic heterocycles. The molecule has 0 aliphatic heterocycles. The van der Waals surface area contributed by atoms with Gasteiger partial charge in [-0.05, 0) is 74.8 Å². The highest BCUT2D eigenvalue weighted by Crippen LogP contribution is 2.28. The van der Waals surface area contributed by atoms with Gasteiger partial charge in [-0.15, -0.1) is 0 Å². The minimum Gasteiger partial charge on any atom is -0.466 e. The molecule has 9 nitrogen and oxygen atoms in total. The van der Waals surface area contributed by atoms with E-state index in [9.17, 15) is 14.4 Å². The zero-order chi connectivity index (χ0) is 26.9. The van der Waals surface area contributed by atoms with Gasteiger partial charge in [-0.2, -0.15) is 0 Å². The van der Waals surface area contributed by atoms with Gasteiger partial charge < -0.3 is 19.2 Å². The van der Waals surface area contributed by atoms with Gasteiger partial charge in [0.1, 0.15) is 18.0 Å². The number of carbonyl (C=O) groups excluding carboxylic acids is 3. The number of hydrogen-bond donors (Lipinski definition) is 3. The molecule has 3 N–H and O–H groups in total. The average molecular weight is 520 g/mol. The van der Waals surface area contributed by atoms with Crippen molar-refractivity contribution in [2.45, 2.75) is 58.1 Å². The third-order valence-corrected chi connectivity index (χ3v) is 6.71. The molecule has 2 aromatic carbocycles. The third-order valence-electron chi connectivity index (χ3n) is 6.71. The fraction of sp³-hybridized carbons (Fsp3) is 0.379. The second-order valence-corrected chi connectivity index (χ2v) is 9.46. The lowest BCUT2D eigenvalue weighted by Crippen LogP contribution is -2.37. The number of rotatable bonds is 9. The number of hydrogen-bond acceptors (Lipinski definition) is 7. The Morgan fingerprint density at radius 3 is 2.50 bits per heavy atom. The van der Waals surface area contributed by atoms with Gasteiger partial charge in [0.15, 0.2) is 5.76 Å². The normalized spacial score (nSPS) is 17.0. The predicted octanol–water partition coefficient (Wildman–Crippen LogP) is 5.32. The van der Waals surface area contributed by atoms with Gasteiger partial charge in [-0.1, -0.05) is 30.3 Å². The standard InChI is InChI=1S/C29H33N3O6/c1-2-36-26(33)15-10-19-8-12-23(13-9-19)31-28(34)25-17-22-16-21(11-14-24(22)38-25)27(30)32-29(35)37-18-20-6-4-3-5-7-20/h3-7,11,14,16-17,19,23H,2,8-10,12-13,15,18H2,1H3,(H,31,34)(H2,30,32,35)/t19-,23-. The van der Waals surface area contributed by atoms with Gasteiger partial charge in [-0.25, -0.2) is 4.79 Å². The number of furan rings is 1. The summed E-state index contributed by atoms with van der Waals surface area (Å²) in [5.74, 6) is 0.122. The Kier molecular flexibility index (Phi) is 9.13. The van der Waals surface area contributed by atoms with Crippen LogP contribution in [-0.4, -0.2) is 36.5 Å². The van der Waals surface area contributed by atoms with Crippen LogP contribution in [0.5, 0.6) is 0 Å². The summed E-state index contributed by atoms with van der Waals surface area (Å²) < 4.78 is 15.9. The number of fused-ring (bicyclic) bond motifs is 1. The number of amides is 2. The fourth-order valence-electron chi connectivity index (χ4n) is 4.65. The molecule has 1 heterocycles. The minimum absolute atomic E-state index is 0.0596. The highest BCUT2D eigenvalue weighted by molar-refractivity contribution is 6.06. The van der Waals surface area contributed by atoms with Crippen LogP contribution in [0.1, 0.15) is 67.1 Å². The lowest BCUT2D eigenvalue weighted by atomic mass is 9.83. The maximum atomic E-state index is 12.8. The summed E-state index contributed by atoms with van der Waals surface area (Å²) >= 11 is 0. The number of amidine groups is 1. The molecule has 1 fully saturated rings. The summed E-state index contributed by atoms with van der Waals surface area (Å²) in [4.78, 5) is 36.5. The van der Waals surface area contributed by atoms with Crippen molar-refractivity contribution in [3.05, 3.63) is 71.5 Å². The van der Waals surface area contributed by atoms with E-state index in [1.807, 2.05) is 37.3 Å². The second kappa shape index (κ2) is 12.9. The topological polar surface area (TPSA) is 131 Å². The van der Waals surface area contributed by atoms with E-state index in [0.717, 1.165) is 37.7 Å². The summed E-state index contributed by atoms with van der Waals surface area (Å²) in [7, 11) is 0. The number of ether oxygens (including phenoxy) is 2. The quantitative estimate of drug-likeness (QED) is 0.199. The zero-order valence-corrected chi connectivity index (χ0v) is 21.5. The van der Waals surface area contributed by atoms with Crippen molar-refractivity contribution in [1.29, 1.82) is 5.41 Å². The van der Waals surface area contributed by atoms with Crippen molar-refractivity contribution in [1.82, 2.24) is 10.6 Å². The Hall–Kier alpha value is -4.14. The van der Waals surface area contributed by atoms with Crippen LogP contribution in [-0.2, 0) is 20.9 Å². The maximum Gasteiger partial charge on any atom is 0.413 e. The summed E-state index contributed by atoms with van der Waals surface area (Å²) in [6.45, 7) is 2.32. The molecule has 0 atom stereocenters. The van der Waals surface area contributed by atoms with Gasteiger partial charge in [0.2, 0.25) is 0 Å². The Labute approximate surface area is 221 Å². The number of nitrogens with one attached hydrogen (secondary N) is 3. The molecule has 1 aliphatic carbocycles. The first-order valence-electron chi connectivity index (χ1n) is 13.0. The Bertz CT molecular complexity index is 1280. The first-order valence-corrected chi connectivity index (χ1v) is 13.0. The molecule has 2 amide bonds. The molecular weight excluding hydrogens is 486 g/mol. The molecule has 4 rings (SSSR count). The summed E-state index contributed by atoms with van der Waals surface area (Å²) in [6.07, 6.45) is 4.16. The van der Waals surface area contributed by atoms with Crippen LogP contribution >= 0.6 is 0 Å². The summed E-state index contributed by atoms with van der Waals surface area (Å²) in [6, 6.07) is 16.0. The fourth-order valence-corrected chi connectivity index (χ4v) is 4.65. The molecule has 0 spiro atoms. The molecule has 0 radical (unpaired) electrons. The Morgan fingerprint density at radius 1 is 1.00 bits per heavy atom. The van der Waals surface area contributed by atoms with Crippen molar-refractivity contribution in [3.63, 3.8) is 0 Å². The van der Waals surface area contributed by atoms with Crippen molar-refractivity contribution < 1.29 is 28.3 Å². The molecule has 9 heteroatoms. The average Bonchev–Trinajstić information content (AvgIpc) is 3.36. The van der Waals surface area contributed by atoms with Gasteiger partial charge in [-0.3, -0.25) is 20.3 Å². The van der Waals surface area contributed by atoms with Crippen LogP contribution in [0.2, 0.25) is 0 Å². The Balaban J connectivity index is 1.26. The van der Waals surface area contributed by atoms with E-state index in [-0.39, 0.29) is 36.1 Å². The maximum absolute atomic E-state index is 12.8. The van der Waals surface area contributed by atoms with Crippen LogP contribution in [0.15, 0.2) is 59.0 Å². The minimum atomic E-state index is -0.721. The highest BCUT2D eigenvalue weighted by Gasteiger charge is 2.24. The van der Waals surface area contributed by atoms with Crippen LogP contribution < -0.4 is 10.6 Å². The highest BCUT2D eigenvalue weighted by atomic mass is 16.5. The Morgan fingerprint density at radius 2 is 1.76 bits per heavy atom. The van der Waals surface area contributed by atoms with E-state index in [2.05, 4.69) is 10.6 Å². The van der Waals surface area contributed by atoms with Gasteiger partial charge >= 0.3 is 12.1 Å². The SMILES string of the molecule is CCOC(=O)CC[C@H]1CC[C@H](NC(=O)c2cc3cc(C(=N)NC(=O)OCc4ccccc4)ccc3o2)CC1. The first kappa shape index (κ1) is 26.9. The molecule has 0 saturated heterocycles. The van der Waals surface area contributed by atoms with Crippen molar-refractivity contribution in [3.8, 4) is 0 Å². The van der Waals surface area contributed by atoms with Gasteiger partial charge in [0.05, 0.1) is 6.61 Å². The lowest BCUT2D eigenvalue weighted by Gasteiger charge is -2.28. The lowest BCUT2D eigenvalue weighted by molar-refractivity contribution is -0.143. The molecule has 1 saturated carbocycles. The van der Waals surface area contributed by atoms with Gasteiger partial charge in [0, 0.05) is 23.4 Å². The molecule has 0 bridgehead atoms. The molecule has 0 unspecified atom stereocenters. The zero-order valence-electron chi connectivity index (χ0n) is 21.5. The van der Waals surface area contributed by atoms with E-state index in [4.69, 9.17) is 19.3 Å². The number of esters is 1. The van der Waals surface area contributed by atoms with Crippen molar-refractivity contribution in [2.24, 2.45) is 5.92 Å². The molecule has 200 valence electrons. The number of alkyl carbamates (subject to hydrolysis) is 1. The predicted molar refractivity (Wildman–Crippen MR) is 142 cm³/mol. The molecular formula is C29H33N3O6. The van der Waals surface area contributed by atoms with Crippen LogP contribution in [0, 0.1) is 11.3 Å². The van der Waals surface area contributed by atoms with Crippen molar-refractivity contribution >= 4 is 34.8 Å². The smallest absolute Gasteiger partial charge is 0.413 e. The third kappa shape index (κ3) is 7.44.